The minimum Gasteiger partial charge on any atom is -0.457 e. The van der Waals surface area contributed by atoms with E-state index in [1.807, 2.05) is 66.7 Å². The number of ether oxygens (including phenoxy) is 1. The molecule has 0 spiro atoms. The molecule has 1 atom stereocenters. The van der Waals surface area contributed by atoms with Crippen molar-refractivity contribution in [2.24, 2.45) is 0 Å². The Balaban J connectivity index is 1.46. The summed E-state index contributed by atoms with van der Waals surface area (Å²) in [6, 6.07) is 31.5. The minimum atomic E-state index is -3.90. The first-order valence-corrected chi connectivity index (χ1v) is 17.6. The zero-order valence-corrected chi connectivity index (χ0v) is 27.3. The summed E-state index contributed by atoms with van der Waals surface area (Å²) in [6.07, 6.45) is 5.17. The van der Waals surface area contributed by atoms with Crippen LogP contribution in [0.25, 0.3) is 0 Å². The molecular formula is C36H38ClN3O5S. The maximum Gasteiger partial charge on any atom is 0.244 e. The molecule has 1 aliphatic rings. The van der Waals surface area contributed by atoms with E-state index < -0.39 is 28.5 Å². The van der Waals surface area contributed by atoms with Gasteiger partial charge in [-0.05, 0) is 72.5 Å². The second kappa shape index (κ2) is 15.3. The average Bonchev–Trinajstić information content (AvgIpc) is 3.55. The molecule has 2 amide bonds. The number of carbonyl (C=O) groups excluding carboxylic acids is 2. The van der Waals surface area contributed by atoms with Gasteiger partial charge in [0.2, 0.25) is 21.8 Å². The van der Waals surface area contributed by atoms with Crippen molar-refractivity contribution in [3.63, 3.8) is 0 Å². The molecule has 0 heterocycles. The Morgan fingerprint density at radius 2 is 1.46 bits per heavy atom. The topological polar surface area (TPSA) is 96.0 Å². The second-order valence-corrected chi connectivity index (χ2v) is 13.9. The number of hydrogen-bond donors (Lipinski definition) is 1. The maximum absolute atomic E-state index is 14.3. The van der Waals surface area contributed by atoms with E-state index in [0.29, 0.717) is 22.2 Å². The molecule has 4 aromatic rings. The smallest absolute Gasteiger partial charge is 0.244 e. The summed E-state index contributed by atoms with van der Waals surface area (Å²) in [7, 11) is -3.90. The fourth-order valence-electron chi connectivity index (χ4n) is 5.67. The molecule has 0 radical (unpaired) electrons. The van der Waals surface area contributed by atoms with Crippen LogP contribution in [0.4, 0.5) is 5.69 Å². The van der Waals surface area contributed by atoms with Crippen molar-refractivity contribution in [1.29, 1.82) is 0 Å². The van der Waals surface area contributed by atoms with Gasteiger partial charge in [0, 0.05) is 24.0 Å². The molecule has 8 nitrogen and oxygen atoms in total. The minimum absolute atomic E-state index is 0.0398. The van der Waals surface area contributed by atoms with Gasteiger partial charge >= 0.3 is 0 Å². The lowest BCUT2D eigenvalue weighted by molar-refractivity contribution is -0.140. The summed E-state index contributed by atoms with van der Waals surface area (Å²) in [4.78, 5) is 29.8. The molecule has 0 aliphatic heterocycles. The predicted molar refractivity (Wildman–Crippen MR) is 181 cm³/mol. The zero-order chi connectivity index (χ0) is 32.5. The number of amides is 2. The van der Waals surface area contributed by atoms with Crippen molar-refractivity contribution in [3.05, 3.63) is 125 Å². The number of nitrogens with one attached hydrogen (secondary N) is 1. The highest BCUT2D eigenvalue weighted by atomic mass is 35.5. The van der Waals surface area contributed by atoms with Gasteiger partial charge in [0.1, 0.15) is 24.1 Å². The van der Waals surface area contributed by atoms with E-state index in [-0.39, 0.29) is 24.9 Å². The number of benzene rings is 4. The molecule has 0 bridgehead atoms. The van der Waals surface area contributed by atoms with Gasteiger partial charge in [-0.2, -0.15) is 0 Å². The van der Waals surface area contributed by atoms with E-state index in [4.69, 9.17) is 16.3 Å². The highest BCUT2D eigenvalue weighted by Crippen LogP contribution is 2.27. The Morgan fingerprint density at radius 3 is 2.09 bits per heavy atom. The van der Waals surface area contributed by atoms with E-state index >= 15 is 0 Å². The monoisotopic (exact) mass is 659 g/mol. The summed E-state index contributed by atoms with van der Waals surface area (Å²) in [5.41, 5.74) is 1.90. The molecule has 1 N–H and O–H groups in total. The van der Waals surface area contributed by atoms with Crippen molar-refractivity contribution in [2.45, 2.75) is 50.7 Å². The van der Waals surface area contributed by atoms with E-state index in [1.54, 1.807) is 42.5 Å². The number of halogens is 1. The first kappa shape index (κ1) is 33.0. The van der Waals surface area contributed by atoms with Gasteiger partial charge in [-0.15, -0.1) is 0 Å². The van der Waals surface area contributed by atoms with E-state index in [0.717, 1.165) is 47.4 Å². The summed E-state index contributed by atoms with van der Waals surface area (Å²) in [5, 5.41) is 3.66. The van der Waals surface area contributed by atoms with Crippen molar-refractivity contribution in [2.75, 3.05) is 17.1 Å². The standard InChI is InChI=1S/C36H38ClN3O5S/c1-46(43,44)40(31-19-21-33(22-20-31)45-32-17-6-3-7-18-32)26-35(41)39(25-28-13-10-14-29(37)23-28)34(24-27-11-4-2-5-12-27)36(42)38-30-15-8-9-16-30/h2-7,10-14,17-23,30,34H,8-9,15-16,24-26H2,1H3,(H,38,42)/t34-/m0/s1. The van der Waals surface area contributed by atoms with Crippen LogP contribution >= 0.6 is 11.6 Å². The quantitative estimate of drug-likeness (QED) is 0.175. The van der Waals surface area contributed by atoms with Crippen molar-refractivity contribution in [1.82, 2.24) is 10.2 Å². The molecule has 46 heavy (non-hydrogen) atoms. The van der Waals surface area contributed by atoms with E-state index in [9.17, 15) is 18.0 Å². The molecule has 5 rings (SSSR count). The molecule has 0 aromatic heterocycles. The number of carbonyl (C=O) groups is 2. The normalized spacial score (nSPS) is 14.0. The average molecular weight is 660 g/mol. The summed E-state index contributed by atoms with van der Waals surface area (Å²) < 4.78 is 33.2. The number of rotatable bonds is 13. The largest absolute Gasteiger partial charge is 0.457 e. The Kier molecular flexibility index (Phi) is 11.0. The van der Waals surface area contributed by atoms with Gasteiger partial charge in [0.15, 0.2) is 0 Å². The van der Waals surface area contributed by atoms with Crippen LogP contribution in [0.1, 0.15) is 36.8 Å². The summed E-state index contributed by atoms with van der Waals surface area (Å²) in [6.45, 7) is -0.434. The number of anilines is 1. The molecule has 10 heteroatoms. The third-order valence-electron chi connectivity index (χ3n) is 8.00. The summed E-state index contributed by atoms with van der Waals surface area (Å²) in [5.74, 6) is 0.378. The van der Waals surface area contributed by atoms with Crippen molar-refractivity contribution in [3.8, 4) is 11.5 Å². The molecular weight excluding hydrogens is 622 g/mol. The van der Waals surface area contributed by atoms with Crippen molar-refractivity contribution < 1.29 is 22.7 Å². The third-order valence-corrected chi connectivity index (χ3v) is 9.37. The van der Waals surface area contributed by atoms with Crippen LogP contribution in [0.3, 0.4) is 0 Å². The van der Waals surface area contributed by atoms with Crippen LogP contribution in [0.15, 0.2) is 109 Å². The van der Waals surface area contributed by atoms with Gasteiger partial charge in [-0.1, -0.05) is 85.1 Å². The molecule has 1 fully saturated rings. The fourth-order valence-corrected chi connectivity index (χ4v) is 6.73. The van der Waals surface area contributed by atoms with Crippen LogP contribution in [-0.2, 0) is 32.6 Å². The van der Waals surface area contributed by atoms with Crippen LogP contribution in [0.5, 0.6) is 11.5 Å². The maximum atomic E-state index is 14.3. The van der Waals surface area contributed by atoms with Gasteiger partial charge < -0.3 is 15.0 Å². The fraction of sp³-hybridized carbons (Fsp3) is 0.278. The van der Waals surface area contributed by atoms with Crippen LogP contribution in [-0.4, -0.2) is 50.0 Å². The van der Waals surface area contributed by atoms with E-state index in [2.05, 4.69) is 5.32 Å². The predicted octanol–water partition coefficient (Wildman–Crippen LogP) is 6.60. The lowest BCUT2D eigenvalue weighted by Crippen LogP contribution is -2.54. The highest BCUT2D eigenvalue weighted by Gasteiger charge is 2.34. The lowest BCUT2D eigenvalue weighted by atomic mass is 10.0. The first-order valence-electron chi connectivity index (χ1n) is 15.3. The zero-order valence-electron chi connectivity index (χ0n) is 25.7. The Morgan fingerprint density at radius 1 is 0.848 bits per heavy atom. The Bertz CT molecular complexity index is 1710. The number of hydrogen-bond acceptors (Lipinski definition) is 5. The Labute approximate surface area is 276 Å². The molecule has 0 saturated heterocycles. The molecule has 0 unspecified atom stereocenters. The molecule has 1 saturated carbocycles. The second-order valence-electron chi connectivity index (χ2n) is 11.5. The molecule has 240 valence electrons. The molecule has 1 aliphatic carbocycles. The van der Waals surface area contributed by atoms with E-state index in [1.165, 1.54) is 4.90 Å². The number of sulfonamides is 1. The SMILES string of the molecule is CS(=O)(=O)N(CC(=O)N(Cc1cccc(Cl)c1)[C@@H](Cc1ccccc1)C(=O)NC1CCCC1)c1ccc(Oc2ccccc2)cc1. The van der Waals surface area contributed by atoms with Gasteiger partial charge in [-0.25, -0.2) is 8.42 Å². The highest BCUT2D eigenvalue weighted by molar-refractivity contribution is 7.92. The first-order chi connectivity index (χ1) is 22.2. The van der Waals surface area contributed by atoms with Gasteiger partial charge in [0.25, 0.3) is 0 Å². The Hall–Kier alpha value is -4.34. The molecule has 4 aromatic carbocycles. The van der Waals surface area contributed by atoms with Crippen LogP contribution < -0.4 is 14.4 Å². The third kappa shape index (κ3) is 9.11. The number of nitrogens with zero attached hydrogens (tertiary/aromatic N) is 2. The van der Waals surface area contributed by atoms with Gasteiger partial charge in [-0.3, -0.25) is 13.9 Å². The van der Waals surface area contributed by atoms with Crippen molar-refractivity contribution >= 4 is 39.1 Å². The van der Waals surface area contributed by atoms with Crippen LogP contribution in [0, 0.1) is 0 Å². The summed E-state index contributed by atoms with van der Waals surface area (Å²) >= 11 is 6.30. The lowest BCUT2D eigenvalue weighted by Gasteiger charge is -2.34. The van der Waals surface area contributed by atoms with Gasteiger partial charge in [0.05, 0.1) is 11.9 Å². The van der Waals surface area contributed by atoms with Crippen LogP contribution in [0.2, 0.25) is 5.02 Å². The number of para-hydroxylation sites is 1.